The molecular formula is C20H20ClN5O2. The van der Waals surface area contributed by atoms with Crippen LogP contribution < -0.4 is 5.32 Å². The van der Waals surface area contributed by atoms with Crippen LogP contribution in [0.4, 0.5) is 10.6 Å². The smallest absolute Gasteiger partial charge is 0.323 e. The normalized spacial score (nSPS) is 16.8. The first-order chi connectivity index (χ1) is 13.6. The second kappa shape index (κ2) is 7.98. The van der Waals surface area contributed by atoms with Crippen molar-refractivity contribution in [3.8, 4) is 11.4 Å². The van der Waals surface area contributed by atoms with Gasteiger partial charge in [0.1, 0.15) is 5.82 Å². The standard InChI is InChI=1S/C20H20ClN5O2/c1-13-4-9-17(22-11-13)23-20(27)26-10-2-3-15(12-26)19-24-18(25-28-19)14-5-7-16(21)8-6-14/h4-9,11,15H,2-3,10,12H2,1H3,(H,22,23,27). The minimum absolute atomic E-state index is 0.0130. The molecule has 0 saturated carbocycles. The molecule has 3 heterocycles. The molecule has 0 spiro atoms. The molecule has 1 aromatic carbocycles. The van der Waals surface area contributed by atoms with E-state index in [9.17, 15) is 4.79 Å². The fourth-order valence-corrected chi connectivity index (χ4v) is 3.34. The van der Waals surface area contributed by atoms with E-state index in [2.05, 4.69) is 20.4 Å². The molecule has 0 aliphatic carbocycles. The number of urea groups is 1. The highest BCUT2D eigenvalue weighted by Crippen LogP contribution is 2.28. The van der Waals surface area contributed by atoms with E-state index in [4.69, 9.17) is 16.1 Å². The van der Waals surface area contributed by atoms with Gasteiger partial charge in [-0.1, -0.05) is 22.8 Å². The maximum atomic E-state index is 12.6. The fraction of sp³-hybridized carbons (Fsp3) is 0.300. The Morgan fingerprint density at radius 2 is 2.07 bits per heavy atom. The third kappa shape index (κ3) is 4.14. The summed E-state index contributed by atoms with van der Waals surface area (Å²) in [5.41, 5.74) is 1.89. The van der Waals surface area contributed by atoms with E-state index in [0.29, 0.717) is 35.6 Å². The van der Waals surface area contributed by atoms with Gasteiger partial charge in [-0.3, -0.25) is 5.32 Å². The van der Waals surface area contributed by atoms with Crippen LogP contribution in [0.15, 0.2) is 47.1 Å². The third-order valence-electron chi connectivity index (χ3n) is 4.75. The lowest BCUT2D eigenvalue weighted by Crippen LogP contribution is -2.41. The predicted molar refractivity (Wildman–Crippen MR) is 106 cm³/mol. The Hall–Kier alpha value is -2.93. The predicted octanol–water partition coefficient (Wildman–Crippen LogP) is 4.50. The van der Waals surface area contributed by atoms with Crippen molar-refractivity contribution >= 4 is 23.4 Å². The molecular weight excluding hydrogens is 378 g/mol. The Morgan fingerprint density at radius 1 is 1.25 bits per heavy atom. The molecule has 2 aromatic heterocycles. The lowest BCUT2D eigenvalue weighted by atomic mass is 9.98. The lowest BCUT2D eigenvalue weighted by molar-refractivity contribution is 0.184. The highest BCUT2D eigenvalue weighted by atomic mass is 35.5. The Morgan fingerprint density at radius 3 is 2.82 bits per heavy atom. The maximum Gasteiger partial charge on any atom is 0.323 e. The highest BCUT2D eigenvalue weighted by molar-refractivity contribution is 6.30. The Balaban J connectivity index is 1.43. The molecule has 1 unspecified atom stereocenters. The average molecular weight is 398 g/mol. The van der Waals surface area contributed by atoms with E-state index < -0.39 is 0 Å². The average Bonchev–Trinajstić information content (AvgIpc) is 3.21. The summed E-state index contributed by atoms with van der Waals surface area (Å²) in [6.07, 6.45) is 3.50. The van der Waals surface area contributed by atoms with Gasteiger partial charge in [0.15, 0.2) is 0 Å². The molecule has 8 heteroatoms. The van der Waals surface area contributed by atoms with Gasteiger partial charge in [-0.15, -0.1) is 0 Å². The molecule has 2 amide bonds. The van der Waals surface area contributed by atoms with Gasteiger partial charge in [0.05, 0.1) is 5.92 Å². The molecule has 144 valence electrons. The summed E-state index contributed by atoms with van der Waals surface area (Å²) in [6.45, 7) is 3.17. The topological polar surface area (TPSA) is 84.2 Å². The Kier molecular flexibility index (Phi) is 5.25. The number of halogens is 1. The van der Waals surface area contributed by atoms with Gasteiger partial charge >= 0.3 is 6.03 Å². The van der Waals surface area contributed by atoms with Crippen LogP contribution in [0.2, 0.25) is 5.02 Å². The minimum atomic E-state index is -0.168. The van der Waals surface area contributed by atoms with E-state index in [0.717, 1.165) is 24.0 Å². The number of piperidine rings is 1. The number of hydrogen-bond donors (Lipinski definition) is 1. The summed E-state index contributed by atoms with van der Waals surface area (Å²) in [6, 6.07) is 10.8. The number of aryl methyl sites for hydroxylation is 1. The Labute approximate surface area is 167 Å². The zero-order valence-electron chi connectivity index (χ0n) is 15.4. The van der Waals surface area contributed by atoms with E-state index in [1.54, 1.807) is 29.3 Å². The van der Waals surface area contributed by atoms with Gasteiger partial charge < -0.3 is 9.42 Å². The van der Waals surface area contributed by atoms with Crippen molar-refractivity contribution in [2.24, 2.45) is 0 Å². The first-order valence-corrected chi connectivity index (χ1v) is 9.54. The van der Waals surface area contributed by atoms with E-state index >= 15 is 0 Å². The fourth-order valence-electron chi connectivity index (χ4n) is 3.21. The number of amides is 2. The number of nitrogens with zero attached hydrogens (tertiary/aromatic N) is 4. The van der Waals surface area contributed by atoms with Crippen LogP contribution in [0.1, 0.15) is 30.2 Å². The van der Waals surface area contributed by atoms with E-state index in [-0.39, 0.29) is 11.9 Å². The van der Waals surface area contributed by atoms with Crippen LogP contribution in [0, 0.1) is 6.92 Å². The van der Waals surface area contributed by atoms with E-state index in [1.807, 2.05) is 25.1 Å². The number of benzene rings is 1. The second-order valence-electron chi connectivity index (χ2n) is 6.90. The van der Waals surface area contributed by atoms with Crippen LogP contribution in [-0.2, 0) is 0 Å². The molecule has 1 fully saturated rings. The number of aromatic nitrogens is 3. The number of nitrogens with one attached hydrogen (secondary N) is 1. The number of likely N-dealkylation sites (tertiary alicyclic amines) is 1. The largest absolute Gasteiger partial charge is 0.339 e. The molecule has 4 rings (SSSR count). The van der Waals surface area contributed by atoms with Crippen molar-refractivity contribution in [3.63, 3.8) is 0 Å². The molecule has 3 aromatic rings. The van der Waals surface area contributed by atoms with Crippen LogP contribution in [-0.4, -0.2) is 39.1 Å². The Bertz CT molecular complexity index is 955. The summed E-state index contributed by atoms with van der Waals surface area (Å²) in [4.78, 5) is 23.1. The summed E-state index contributed by atoms with van der Waals surface area (Å²) < 4.78 is 5.48. The third-order valence-corrected chi connectivity index (χ3v) is 5.00. The lowest BCUT2D eigenvalue weighted by Gasteiger charge is -2.30. The zero-order valence-corrected chi connectivity index (χ0v) is 16.2. The molecule has 1 saturated heterocycles. The molecule has 1 atom stereocenters. The summed E-state index contributed by atoms with van der Waals surface area (Å²) >= 11 is 5.93. The number of anilines is 1. The number of carbonyl (C=O) groups is 1. The van der Waals surface area contributed by atoms with Gasteiger partial charge in [-0.05, 0) is 55.7 Å². The number of carbonyl (C=O) groups excluding carboxylic acids is 1. The number of hydrogen-bond acceptors (Lipinski definition) is 5. The van der Waals surface area contributed by atoms with Crippen molar-refractivity contribution in [3.05, 3.63) is 59.1 Å². The van der Waals surface area contributed by atoms with Crippen LogP contribution in [0.5, 0.6) is 0 Å². The zero-order chi connectivity index (χ0) is 19.5. The summed E-state index contributed by atoms with van der Waals surface area (Å²) in [7, 11) is 0. The SMILES string of the molecule is Cc1ccc(NC(=O)N2CCCC(c3nc(-c4ccc(Cl)cc4)no3)C2)nc1. The summed E-state index contributed by atoms with van der Waals surface area (Å²) in [5.74, 6) is 1.63. The maximum absolute atomic E-state index is 12.6. The van der Waals surface area contributed by atoms with Crippen molar-refractivity contribution < 1.29 is 9.32 Å². The molecule has 1 N–H and O–H groups in total. The quantitative estimate of drug-likeness (QED) is 0.703. The minimum Gasteiger partial charge on any atom is -0.339 e. The van der Waals surface area contributed by atoms with Crippen LogP contribution in [0.3, 0.4) is 0 Å². The van der Waals surface area contributed by atoms with Crippen LogP contribution in [0.25, 0.3) is 11.4 Å². The van der Waals surface area contributed by atoms with Gasteiger partial charge in [-0.2, -0.15) is 4.98 Å². The molecule has 28 heavy (non-hydrogen) atoms. The van der Waals surface area contributed by atoms with Crippen molar-refractivity contribution in [2.45, 2.75) is 25.7 Å². The summed E-state index contributed by atoms with van der Waals surface area (Å²) in [5, 5.41) is 7.58. The van der Waals surface area contributed by atoms with Gasteiger partial charge in [-0.25, -0.2) is 9.78 Å². The van der Waals surface area contributed by atoms with Gasteiger partial charge in [0, 0.05) is 29.9 Å². The van der Waals surface area contributed by atoms with Gasteiger partial charge in [0.25, 0.3) is 0 Å². The number of rotatable bonds is 3. The first-order valence-electron chi connectivity index (χ1n) is 9.16. The first kappa shape index (κ1) is 18.4. The van der Waals surface area contributed by atoms with Gasteiger partial charge in [0.2, 0.25) is 11.7 Å². The van der Waals surface area contributed by atoms with Crippen LogP contribution >= 0.6 is 11.6 Å². The molecule has 1 aliphatic rings. The second-order valence-corrected chi connectivity index (χ2v) is 7.34. The molecule has 0 bridgehead atoms. The monoisotopic (exact) mass is 397 g/mol. The molecule has 0 radical (unpaired) electrons. The van der Waals surface area contributed by atoms with Crippen molar-refractivity contribution in [1.29, 1.82) is 0 Å². The molecule has 1 aliphatic heterocycles. The molecule has 7 nitrogen and oxygen atoms in total. The number of pyridine rings is 1. The van der Waals surface area contributed by atoms with Crippen molar-refractivity contribution in [2.75, 3.05) is 18.4 Å². The van der Waals surface area contributed by atoms with Crippen molar-refractivity contribution in [1.82, 2.24) is 20.0 Å². The highest BCUT2D eigenvalue weighted by Gasteiger charge is 2.29. The van der Waals surface area contributed by atoms with E-state index in [1.165, 1.54) is 0 Å².